The van der Waals surface area contributed by atoms with Crippen molar-refractivity contribution in [1.82, 2.24) is 0 Å². The lowest BCUT2D eigenvalue weighted by molar-refractivity contribution is -0.384. The van der Waals surface area contributed by atoms with Crippen LogP contribution in [-0.4, -0.2) is 10.8 Å². The van der Waals surface area contributed by atoms with E-state index in [1.807, 2.05) is 0 Å². The number of amides is 1. The summed E-state index contributed by atoms with van der Waals surface area (Å²) in [6.07, 6.45) is -4.59. The first-order chi connectivity index (χ1) is 17.6. The molecule has 1 heterocycles. The minimum atomic E-state index is -4.59. The second-order valence-electron chi connectivity index (χ2n) is 7.56. The van der Waals surface area contributed by atoms with E-state index in [1.165, 1.54) is 24.3 Å². The Morgan fingerprint density at radius 2 is 1.73 bits per heavy atom. The van der Waals surface area contributed by atoms with E-state index in [9.17, 15) is 28.1 Å². The van der Waals surface area contributed by atoms with Crippen LogP contribution in [0, 0.1) is 10.1 Å². The first kappa shape index (κ1) is 25.6. The molecule has 0 aliphatic heterocycles. The van der Waals surface area contributed by atoms with Gasteiger partial charge in [0.25, 0.3) is 11.6 Å². The van der Waals surface area contributed by atoms with Crippen molar-refractivity contribution in [3.8, 4) is 17.2 Å². The topological polar surface area (TPSA) is 104 Å². The third-order valence-corrected chi connectivity index (χ3v) is 5.09. The number of nitro groups is 1. The van der Waals surface area contributed by atoms with Crippen LogP contribution in [0.4, 0.5) is 24.5 Å². The van der Waals surface area contributed by atoms with Crippen LogP contribution in [0.5, 0.6) is 17.2 Å². The lowest BCUT2D eigenvalue weighted by Gasteiger charge is -2.11. The predicted molar refractivity (Wildman–Crippen MR) is 127 cm³/mol. The maximum Gasteiger partial charge on any atom is 0.416 e. The number of anilines is 1. The molecule has 1 N–H and O–H groups in total. The molecule has 3 aromatic carbocycles. The average Bonchev–Trinajstić information content (AvgIpc) is 3.32. The normalized spacial score (nSPS) is 11.1. The van der Waals surface area contributed by atoms with Crippen molar-refractivity contribution in [2.45, 2.75) is 12.8 Å². The van der Waals surface area contributed by atoms with Gasteiger partial charge in [-0.3, -0.25) is 14.9 Å². The van der Waals surface area contributed by atoms with Crippen molar-refractivity contribution in [3.63, 3.8) is 0 Å². The van der Waals surface area contributed by atoms with Crippen LogP contribution in [0.25, 0.3) is 0 Å². The van der Waals surface area contributed by atoms with E-state index in [2.05, 4.69) is 5.32 Å². The SMILES string of the molecule is O=C(Nc1cc(Oc2cccc(C(F)(F)F)c2)cc([N+](=O)[O-])c1)c1ccc(COc2ccc(Cl)cc2)o1. The van der Waals surface area contributed by atoms with E-state index >= 15 is 0 Å². The Morgan fingerprint density at radius 3 is 2.43 bits per heavy atom. The number of halogens is 4. The zero-order valence-corrected chi connectivity index (χ0v) is 19.4. The van der Waals surface area contributed by atoms with Gasteiger partial charge in [-0.25, -0.2) is 0 Å². The quantitative estimate of drug-likeness (QED) is 0.186. The fourth-order valence-electron chi connectivity index (χ4n) is 3.15. The van der Waals surface area contributed by atoms with Crippen molar-refractivity contribution in [1.29, 1.82) is 0 Å². The van der Waals surface area contributed by atoms with E-state index in [1.54, 1.807) is 24.3 Å². The summed E-state index contributed by atoms with van der Waals surface area (Å²) in [4.78, 5) is 23.3. The lowest BCUT2D eigenvalue weighted by Crippen LogP contribution is -2.11. The van der Waals surface area contributed by atoms with Crippen molar-refractivity contribution in [2.24, 2.45) is 0 Å². The van der Waals surface area contributed by atoms with Gasteiger partial charge < -0.3 is 19.2 Å². The maximum atomic E-state index is 13.0. The zero-order chi connectivity index (χ0) is 26.6. The molecule has 190 valence electrons. The van der Waals surface area contributed by atoms with Gasteiger partial charge in [0.15, 0.2) is 5.76 Å². The molecule has 0 bridgehead atoms. The molecule has 4 rings (SSSR count). The second-order valence-corrected chi connectivity index (χ2v) is 8.00. The second kappa shape index (κ2) is 10.6. The number of carbonyl (C=O) groups is 1. The number of non-ortho nitro benzene ring substituents is 1. The summed E-state index contributed by atoms with van der Waals surface area (Å²) in [5.74, 6) is -0.279. The largest absolute Gasteiger partial charge is 0.486 e. The summed E-state index contributed by atoms with van der Waals surface area (Å²) >= 11 is 5.83. The molecule has 4 aromatic rings. The number of nitrogens with one attached hydrogen (secondary N) is 1. The van der Waals surface area contributed by atoms with E-state index in [4.69, 9.17) is 25.5 Å². The Kier molecular flexibility index (Phi) is 7.35. The van der Waals surface area contributed by atoms with E-state index in [-0.39, 0.29) is 29.6 Å². The van der Waals surface area contributed by atoms with Crippen LogP contribution in [0.15, 0.2) is 83.3 Å². The Morgan fingerprint density at radius 1 is 0.973 bits per heavy atom. The number of hydrogen-bond acceptors (Lipinski definition) is 6. The number of benzene rings is 3. The number of hydrogen-bond donors (Lipinski definition) is 1. The fourth-order valence-corrected chi connectivity index (χ4v) is 3.27. The number of furan rings is 1. The number of nitro benzene ring substituents is 1. The molecule has 0 spiro atoms. The smallest absolute Gasteiger partial charge is 0.416 e. The van der Waals surface area contributed by atoms with Gasteiger partial charge in [0, 0.05) is 17.2 Å². The molecule has 0 aliphatic carbocycles. The van der Waals surface area contributed by atoms with Crippen LogP contribution in [0.1, 0.15) is 21.9 Å². The van der Waals surface area contributed by atoms with Gasteiger partial charge in [-0.15, -0.1) is 0 Å². The highest BCUT2D eigenvalue weighted by molar-refractivity contribution is 6.30. The molecule has 0 unspecified atom stereocenters. The monoisotopic (exact) mass is 532 g/mol. The molecule has 0 aliphatic rings. The minimum Gasteiger partial charge on any atom is -0.486 e. The van der Waals surface area contributed by atoms with Gasteiger partial charge >= 0.3 is 6.18 Å². The van der Waals surface area contributed by atoms with Gasteiger partial charge in [-0.2, -0.15) is 13.2 Å². The highest BCUT2D eigenvalue weighted by Gasteiger charge is 2.30. The summed E-state index contributed by atoms with van der Waals surface area (Å²) in [6.45, 7) is 0.0285. The third kappa shape index (κ3) is 6.79. The molecule has 0 saturated heterocycles. The predicted octanol–water partition coefficient (Wildman–Crippen LogP) is 7.48. The van der Waals surface area contributed by atoms with Crippen LogP contribution in [0.2, 0.25) is 5.02 Å². The van der Waals surface area contributed by atoms with Crippen LogP contribution in [-0.2, 0) is 12.8 Å². The number of alkyl halides is 3. The van der Waals surface area contributed by atoms with Crippen molar-refractivity contribution < 1.29 is 36.8 Å². The van der Waals surface area contributed by atoms with E-state index < -0.39 is 28.3 Å². The molecule has 1 amide bonds. The minimum absolute atomic E-state index is 0.0285. The third-order valence-electron chi connectivity index (χ3n) is 4.84. The van der Waals surface area contributed by atoms with Gasteiger partial charge in [-0.05, 0) is 54.6 Å². The average molecular weight is 533 g/mol. The summed E-state index contributed by atoms with van der Waals surface area (Å²) in [5.41, 5.74) is -1.43. The molecule has 12 heteroatoms. The van der Waals surface area contributed by atoms with Gasteiger partial charge in [0.05, 0.1) is 22.2 Å². The first-order valence-electron chi connectivity index (χ1n) is 10.5. The Balaban J connectivity index is 1.47. The highest BCUT2D eigenvalue weighted by Crippen LogP contribution is 2.34. The molecular formula is C25H16ClF3N2O6. The first-order valence-corrected chi connectivity index (χ1v) is 10.9. The molecule has 0 fully saturated rings. The number of nitrogens with zero attached hydrogens (tertiary/aromatic N) is 1. The Labute approximate surface area is 212 Å². The van der Waals surface area contributed by atoms with Gasteiger partial charge in [-0.1, -0.05) is 17.7 Å². The molecule has 0 atom stereocenters. The Bertz CT molecular complexity index is 1440. The number of ether oxygens (including phenoxy) is 2. The number of carbonyl (C=O) groups excluding carboxylic acids is 1. The van der Waals surface area contributed by atoms with E-state index in [0.717, 1.165) is 30.3 Å². The summed E-state index contributed by atoms with van der Waals surface area (Å²) < 4.78 is 55.4. The highest BCUT2D eigenvalue weighted by atomic mass is 35.5. The van der Waals surface area contributed by atoms with Gasteiger partial charge in [0.1, 0.15) is 29.6 Å². The summed E-state index contributed by atoms with van der Waals surface area (Å²) in [7, 11) is 0. The molecule has 37 heavy (non-hydrogen) atoms. The molecule has 8 nitrogen and oxygen atoms in total. The van der Waals surface area contributed by atoms with Crippen LogP contribution in [0.3, 0.4) is 0 Å². The Hall–Kier alpha value is -4.51. The summed E-state index contributed by atoms with van der Waals surface area (Å²) in [5, 5.41) is 14.4. The van der Waals surface area contributed by atoms with Gasteiger partial charge in [0.2, 0.25) is 0 Å². The molecule has 1 aromatic heterocycles. The molecular weight excluding hydrogens is 517 g/mol. The standard InChI is InChI=1S/C25H16ClF3N2O6/c26-16-4-6-19(7-5-16)35-14-21-8-9-23(37-21)24(32)30-17-11-18(31(33)34)13-22(12-17)36-20-3-1-2-15(10-20)25(27,28)29/h1-13H,14H2,(H,30,32). The van der Waals surface area contributed by atoms with Crippen molar-refractivity contribution >= 4 is 28.9 Å². The molecule has 0 radical (unpaired) electrons. The molecule has 0 saturated carbocycles. The zero-order valence-electron chi connectivity index (χ0n) is 18.6. The fraction of sp³-hybridized carbons (Fsp3) is 0.0800. The maximum absolute atomic E-state index is 13.0. The van der Waals surface area contributed by atoms with E-state index in [0.29, 0.717) is 16.5 Å². The summed E-state index contributed by atoms with van der Waals surface area (Å²) in [6, 6.07) is 16.9. The number of rotatable bonds is 8. The van der Waals surface area contributed by atoms with Crippen molar-refractivity contribution in [2.75, 3.05) is 5.32 Å². The van der Waals surface area contributed by atoms with Crippen molar-refractivity contribution in [3.05, 3.63) is 111 Å². The van der Waals surface area contributed by atoms with Crippen LogP contribution >= 0.6 is 11.6 Å². The van der Waals surface area contributed by atoms with Crippen LogP contribution < -0.4 is 14.8 Å². The lowest BCUT2D eigenvalue weighted by atomic mass is 10.2.